The molecule has 3 aromatic rings. The highest BCUT2D eigenvalue weighted by atomic mass is 32.2. The molecule has 33 heavy (non-hydrogen) atoms. The summed E-state index contributed by atoms with van der Waals surface area (Å²) in [7, 11) is 0. The number of benzene rings is 3. The van der Waals surface area contributed by atoms with Crippen LogP contribution in [0.2, 0.25) is 0 Å². The molecule has 1 unspecified atom stereocenters. The lowest BCUT2D eigenvalue weighted by molar-refractivity contribution is -0.115. The van der Waals surface area contributed by atoms with Crippen LogP contribution in [0.25, 0.3) is 0 Å². The van der Waals surface area contributed by atoms with Crippen molar-refractivity contribution in [2.24, 2.45) is 0 Å². The van der Waals surface area contributed by atoms with E-state index in [-0.39, 0.29) is 17.1 Å². The van der Waals surface area contributed by atoms with E-state index in [1.165, 1.54) is 11.8 Å². The van der Waals surface area contributed by atoms with Crippen LogP contribution in [0.5, 0.6) is 0 Å². The van der Waals surface area contributed by atoms with Gasteiger partial charge in [0.25, 0.3) is 5.91 Å². The molecule has 1 atom stereocenters. The summed E-state index contributed by atoms with van der Waals surface area (Å²) in [5, 5.41) is 5.40. The SMILES string of the molecule is CCOC(=O)c1ccc(NC(=O)C(C)Sc2ccc(NC(=O)c3ccccc3C)cc2)cc1. The van der Waals surface area contributed by atoms with Crippen LogP contribution in [0.15, 0.2) is 77.7 Å². The molecule has 3 rings (SSSR count). The van der Waals surface area contributed by atoms with E-state index >= 15 is 0 Å². The van der Waals surface area contributed by atoms with Crippen LogP contribution in [0.1, 0.15) is 40.1 Å². The lowest BCUT2D eigenvalue weighted by Gasteiger charge is -2.13. The van der Waals surface area contributed by atoms with Crippen LogP contribution in [-0.2, 0) is 9.53 Å². The molecule has 0 aromatic heterocycles. The quantitative estimate of drug-likeness (QED) is 0.339. The van der Waals surface area contributed by atoms with Crippen molar-refractivity contribution in [3.8, 4) is 0 Å². The molecular formula is C26H26N2O4S. The maximum atomic E-state index is 12.6. The smallest absolute Gasteiger partial charge is 0.338 e. The average Bonchev–Trinajstić information content (AvgIpc) is 2.81. The number of anilines is 2. The number of esters is 1. The Labute approximate surface area is 197 Å². The van der Waals surface area contributed by atoms with Gasteiger partial charge in [0.05, 0.1) is 17.4 Å². The van der Waals surface area contributed by atoms with Gasteiger partial charge in [-0.3, -0.25) is 9.59 Å². The van der Waals surface area contributed by atoms with E-state index in [1.807, 2.05) is 56.3 Å². The van der Waals surface area contributed by atoms with Crippen molar-refractivity contribution in [3.05, 3.63) is 89.5 Å². The van der Waals surface area contributed by atoms with Crippen LogP contribution >= 0.6 is 11.8 Å². The van der Waals surface area contributed by atoms with Crippen LogP contribution in [0, 0.1) is 6.92 Å². The summed E-state index contributed by atoms with van der Waals surface area (Å²) in [6.45, 7) is 5.78. The predicted molar refractivity (Wildman–Crippen MR) is 132 cm³/mol. The van der Waals surface area contributed by atoms with Gasteiger partial charge in [-0.1, -0.05) is 18.2 Å². The van der Waals surface area contributed by atoms with E-state index in [4.69, 9.17) is 4.74 Å². The first kappa shape index (κ1) is 24.1. The molecule has 2 N–H and O–H groups in total. The Morgan fingerprint density at radius 1 is 0.879 bits per heavy atom. The number of hydrogen-bond acceptors (Lipinski definition) is 5. The minimum atomic E-state index is -0.391. The van der Waals surface area contributed by atoms with E-state index in [2.05, 4.69) is 10.6 Å². The average molecular weight is 463 g/mol. The molecule has 3 aromatic carbocycles. The van der Waals surface area contributed by atoms with Crippen molar-refractivity contribution < 1.29 is 19.1 Å². The van der Waals surface area contributed by atoms with Crippen molar-refractivity contribution >= 4 is 40.9 Å². The van der Waals surface area contributed by atoms with Crippen molar-refractivity contribution in [2.45, 2.75) is 30.9 Å². The topological polar surface area (TPSA) is 84.5 Å². The minimum Gasteiger partial charge on any atom is -0.462 e. The van der Waals surface area contributed by atoms with E-state index in [0.29, 0.717) is 29.1 Å². The maximum Gasteiger partial charge on any atom is 0.338 e. The fourth-order valence-corrected chi connectivity index (χ4v) is 3.92. The molecule has 0 bridgehead atoms. The van der Waals surface area contributed by atoms with Crippen LogP contribution in [0.3, 0.4) is 0 Å². The first-order chi connectivity index (χ1) is 15.9. The van der Waals surface area contributed by atoms with E-state index in [9.17, 15) is 14.4 Å². The van der Waals surface area contributed by atoms with Crippen molar-refractivity contribution in [3.63, 3.8) is 0 Å². The number of ether oxygens (including phenoxy) is 1. The summed E-state index contributed by atoms with van der Waals surface area (Å²) in [5.41, 5.74) is 3.28. The van der Waals surface area contributed by atoms with Crippen molar-refractivity contribution in [1.82, 2.24) is 0 Å². The second-order valence-electron chi connectivity index (χ2n) is 7.34. The molecule has 0 aliphatic heterocycles. The third-order valence-corrected chi connectivity index (χ3v) is 5.96. The molecule has 0 aliphatic carbocycles. The number of aryl methyl sites for hydroxylation is 1. The fraction of sp³-hybridized carbons (Fsp3) is 0.192. The molecule has 0 heterocycles. The fourth-order valence-electron chi connectivity index (χ4n) is 3.05. The van der Waals surface area contributed by atoms with E-state index in [0.717, 1.165) is 10.5 Å². The Hall–Kier alpha value is -3.58. The van der Waals surface area contributed by atoms with Gasteiger partial charge in [0, 0.05) is 21.8 Å². The zero-order chi connectivity index (χ0) is 23.8. The van der Waals surface area contributed by atoms with Crippen LogP contribution in [-0.4, -0.2) is 29.6 Å². The second kappa shape index (κ2) is 11.3. The first-order valence-electron chi connectivity index (χ1n) is 10.6. The van der Waals surface area contributed by atoms with Gasteiger partial charge in [0.2, 0.25) is 5.91 Å². The number of amides is 2. The van der Waals surface area contributed by atoms with Crippen molar-refractivity contribution in [2.75, 3.05) is 17.2 Å². The monoisotopic (exact) mass is 462 g/mol. The lowest BCUT2D eigenvalue weighted by Crippen LogP contribution is -2.22. The summed E-state index contributed by atoms with van der Waals surface area (Å²) in [6.07, 6.45) is 0. The number of hydrogen-bond donors (Lipinski definition) is 2. The van der Waals surface area contributed by atoms with Gasteiger partial charge in [0.1, 0.15) is 0 Å². The molecular weight excluding hydrogens is 436 g/mol. The van der Waals surface area contributed by atoms with E-state index < -0.39 is 5.97 Å². The third kappa shape index (κ3) is 6.70. The molecule has 0 fully saturated rings. The molecule has 6 nitrogen and oxygen atoms in total. The van der Waals surface area contributed by atoms with E-state index in [1.54, 1.807) is 37.3 Å². The highest BCUT2D eigenvalue weighted by molar-refractivity contribution is 8.00. The zero-order valence-electron chi connectivity index (χ0n) is 18.8. The predicted octanol–water partition coefficient (Wildman–Crippen LogP) is 5.54. The molecule has 0 radical (unpaired) electrons. The molecule has 0 spiro atoms. The summed E-state index contributed by atoms with van der Waals surface area (Å²) in [5.74, 6) is -0.700. The maximum absolute atomic E-state index is 12.6. The molecule has 0 saturated carbocycles. The number of rotatable bonds is 8. The second-order valence-corrected chi connectivity index (χ2v) is 8.75. The Kier molecular flexibility index (Phi) is 8.27. The Morgan fingerprint density at radius 3 is 2.12 bits per heavy atom. The highest BCUT2D eigenvalue weighted by Crippen LogP contribution is 2.26. The molecule has 2 amide bonds. The molecule has 7 heteroatoms. The number of nitrogens with one attached hydrogen (secondary N) is 2. The van der Waals surface area contributed by atoms with Crippen molar-refractivity contribution in [1.29, 1.82) is 0 Å². The van der Waals surface area contributed by atoms with Gasteiger partial charge < -0.3 is 15.4 Å². The van der Waals surface area contributed by atoms with Gasteiger partial charge in [-0.25, -0.2) is 4.79 Å². The lowest BCUT2D eigenvalue weighted by atomic mass is 10.1. The molecule has 0 aliphatic rings. The summed E-state index contributed by atoms with van der Waals surface area (Å²) in [4.78, 5) is 37.6. The normalized spacial score (nSPS) is 11.4. The standard InChI is InChI=1S/C26H26N2O4S/c1-4-32-26(31)19-9-11-20(12-10-19)27-24(29)18(3)33-22-15-13-21(14-16-22)28-25(30)23-8-6-5-7-17(23)2/h5-16,18H,4H2,1-3H3,(H,27,29)(H,28,30). The molecule has 0 saturated heterocycles. The van der Waals surface area contributed by atoms with Gasteiger partial charge >= 0.3 is 5.97 Å². The van der Waals surface area contributed by atoms with Gasteiger partial charge in [0.15, 0.2) is 0 Å². The minimum absolute atomic E-state index is 0.152. The largest absolute Gasteiger partial charge is 0.462 e. The zero-order valence-corrected chi connectivity index (χ0v) is 19.6. The summed E-state index contributed by atoms with van der Waals surface area (Å²) >= 11 is 1.41. The Bertz CT molecular complexity index is 1130. The number of thioether (sulfide) groups is 1. The van der Waals surface area contributed by atoms with Crippen LogP contribution < -0.4 is 10.6 Å². The van der Waals surface area contributed by atoms with Gasteiger partial charge in [-0.2, -0.15) is 0 Å². The Morgan fingerprint density at radius 2 is 1.48 bits per heavy atom. The molecule has 170 valence electrons. The van der Waals surface area contributed by atoms with Crippen LogP contribution in [0.4, 0.5) is 11.4 Å². The van der Waals surface area contributed by atoms with Gasteiger partial charge in [-0.05, 0) is 80.9 Å². The Balaban J connectivity index is 1.54. The number of carbonyl (C=O) groups excluding carboxylic acids is 3. The summed E-state index contributed by atoms with van der Waals surface area (Å²) < 4.78 is 4.96. The third-order valence-electron chi connectivity index (χ3n) is 4.85. The van der Waals surface area contributed by atoms with Gasteiger partial charge in [-0.15, -0.1) is 11.8 Å². The first-order valence-corrected chi connectivity index (χ1v) is 11.5. The highest BCUT2D eigenvalue weighted by Gasteiger charge is 2.15. The number of carbonyl (C=O) groups is 3. The summed E-state index contributed by atoms with van der Waals surface area (Å²) in [6, 6.07) is 21.4.